The summed E-state index contributed by atoms with van der Waals surface area (Å²) in [5, 5.41) is 4.39. The summed E-state index contributed by atoms with van der Waals surface area (Å²) in [5.74, 6) is 1.63. The molecule has 0 N–H and O–H groups in total. The smallest absolute Gasteiger partial charge is 0.657 e. The molecule has 8 bridgehead atoms. The van der Waals surface area contributed by atoms with Crippen LogP contribution >= 0.6 is 0 Å². The number of para-hydroxylation sites is 2. The van der Waals surface area contributed by atoms with Crippen molar-refractivity contribution in [3.05, 3.63) is 144 Å². The number of imidazole rings is 2. The summed E-state index contributed by atoms with van der Waals surface area (Å²) in [6.07, 6.45) is 4.32. The van der Waals surface area contributed by atoms with Crippen LogP contribution in [0.25, 0.3) is 56.0 Å². The number of nitrogens with zero attached hydrogens (tertiary/aromatic N) is 6. The maximum Gasteiger partial charge on any atom is 2.00 e. The molecule has 0 atom stereocenters. The second-order valence-electron chi connectivity index (χ2n) is 13.3. The Labute approximate surface area is 287 Å². The topological polar surface area (TPSA) is 63.8 Å². The van der Waals surface area contributed by atoms with E-state index in [4.69, 9.17) is 19.9 Å². The third kappa shape index (κ3) is 4.28. The molecule has 7 heteroatoms. The van der Waals surface area contributed by atoms with Gasteiger partial charge in [0.05, 0.1) is 16.8 Å². The number of hydrogen-bond acceptors (Lipinski definition) is 2. The van der Waals surface area contributed by atoms with Crippen LogP contribution in [0.3, 0.4) is 0 Å². The number of hydrogen-bond donors (Lipinski definition) is 0. The van der Waals surface area contributed by atoms with Crippen LogP contribution in [0.5, 0.6) is 0 Å². The van der Waals surface area contributed by atoms with E-state index in [1.807, 2.05) is 12.1 Å². The van der Waals surface area contributed by atoms with Crippen LogP contribution in [0.15, 0.2) is 122 Å². The second-order valence-corrected chi connectivity index (χ2v) is 13.3. The van der Waals surface area contributed by atoms with Crippen LogP contribution in [0.2, 0.25) is 0 Å². The van der Waals surface area contributed by atoms with Crippen molar-refractivity contribution >= 4 is 21.5 Å². The Kier molecular flexibility index (Phi) is 6.61. The third-order valence-electron chi connectivity index (χ3n) is 9.69. The fourth-order valence-corrected chi connectivity index (χ4v) is 7.06. The van der Waals surface area contributed by atoms with E-state index in [1.54, 1.807) is 0 Å². The second kappa shape index (κ2) is 10.5. The molecule has 0 fully saturated rings. The van der Waals surface area contributed by atoms with Gasteiger partial charge in [0.2, 0.25) is 0 Å². The number of aromatic nitrogens is 6. The summed E-state index contributed by atoms with van der Waals surface area (Å²) < 4.78 is 4.37. The van der Waals surface area contributed by atoms with Crippen LogP contribution in [0.4, 0.5) is 0 Å². The van der Waals surface area contributed by atoms with Gasteiger partial charge >= 0.3 is 21.1 Å². The van der Waals surface area contributed by atoms with Crippen molar-refractivity contribution in [2.24, 2.45) is 0 Å². The third-order valence-corrected chi connectivity index (χ3v) is 9.69. The molecule has 0 saturated carbocycles. The molecule has 0 unspecified atom stereocenters. The van der Waals surface area contributed by atoms with Gasteiger partial charge in [0, 0.05) is 23.8 Å². The fourth-order valence-electron chi connectivity index (χ4n) is 7.06. The van der Waals surface area contributed by atoms with Crippen LogP contribution in [0, 0.1) is 0 Å². The van der Waals surface area contributed by atoms with E-state index in [2.05, 4.69) is 146 Å². The van der Waals surface area contributed by atoms with Crippen LogP contribution in [-0.4, -0.2) is 19.1 Å². The maximum absolute atomic E-state index is 5.49. The number of rotatable bonds is 2. The van der Waals surface area contributed by atoms with E-state index >= 15 is 0 Å². The molecule has 0 radical (unpaired) electrons. The van der Waals surface area contributed by atoms with Gasteiger partial charge in [-0.3, -0.25) is 0 Å². The SMILES string of the molecule is CC1(C)c2cn(-c3ccccc3)c(n2)-c2[n-]c(c3ccccc23)C(C)(C)c2[n-]c(c3ccccc23)-c2nc1cn2-c1ccccc1.[Pt+2]. The predicted molar refractivity (Wildman–Crippen MR) is 184 cm³/mol. The molecule has 6 nitrogen and oxygen atoms in total. The van der Waals surface area contributed by atoms with E-state index in [-0.39, 0.29) is 21.1 Å². The zero-order valence-corrected chi connectivity index (χ0v) is 28.8. The molecule has 1 aliphatic heterocycles. The zero-order valence-electron chi connectivity index (χ0n) is 26.5. The summed E-state index contributed by atoms with van der Waals surface area (Å²) in [4.78, 5) is 21.8. The van der Waals surface area contributed by atoms with Crippen LogP contribution in [-0.2, 0) is 31.9 Å². The monoisotopic (exact) mass is 791 g/mol. The van der Waals surface area contributed by atoms with Gasteiger partial charge in [0.15, 0.2) is 0 Å². The quantitative estimate of drug-likeness (QED) is 0.176. The van der Waals surface area contributed by atoms with E-state index in [0.717, 1.165) is 78.7 Å². The first-order valence-electron chi connectivity index (χ1n) is 15.8. The van der Waals surface area contributed by atoms with Crippen molar-refractivity contribution in [3.63, 3.8) is 0 Å². The minimum Gasteiger partial charge on any atom is -0.657 e. The number of benzene rings is 4. The summed E-state index contributed by atoms with van der Waals surface area (Å²) >= 11 is 0. The van der Waals surface area contributed by atoms with Gasteiger partial charge in [-0.05, 0) is 65.1 Å². The minimum absolute atomic E-state index is 0. The Hall–Kier alpha value is -4.93. The molecule has 232 valence electrons. The van der Waals surface area contributed by atoms with Crippen molar-refractivity contribution in [3.8, 4) is 34.4 Å². The van der Waals surface area contributed by atoms with Crippen molar-refractivity contribution in [2.75, 3.05) is 0 Å². The fraction of sp³-hybridized carbons (Fsp3) is 0.150. The molecule has 0 saturated heterocycles. The minimum atomic E-state index is -0.538. The van der Waals surface area contributed by atoms with Crippen LogP contribution < -0.4 is 9.97 Å². The van der Waals surface area contributed by atoms with Gasteiger partial charge in [-0.1, -0.05) is 110 Å². The molecular weight excluding hydrogens is 760 g/mol. The molecule has 8 aromatic rings. The van der Waals surface area contributed by atoms with Crippen molar-refractivity contribution in [1.29, 1.82) is 0 Å². The summed E-state index contributed by atoms with van der Waals surface area (Å²) in [6.45, 7) is 8.89. The first kappa shape index (κ1) is 29.5. The Bertz CT molecular complexity index is 2250. The Morgan fingerprint density at radius 1 is 0.468 bits per heavy atom. The molecule has 1 aliphatic rings. The molecule has 5 heterocycles. The molecule has 4 aromatic carbocycles. The molecule has 0 aliphatic carbocycles. The van der Waals surface area contributed by atoms with Crippen molar-refractivity contribution in [2.45, 2.75) is 38.5 Å². The average Bonchev–Trinajstić information content (AvgIpc) is 3.87. The molecule has 4 aromatic heterocycles. The van der Waals surface area contributed by atoms with Gasteiger partial charge in [0.1, 0.15) is 11.6 Å². The van der Waals surface area contributed by atoms with E-state index in [9.17, 15) is 0 Å². The van der Waals surface area contributed by atoms with Gasteiger partial charge < -0.3 is 19.1 Å². The normalized spacial score (nSPS) is 14.6. The van der Waals surface area contributed by atoms with E-state index in [1.165, 1.54) is 0 Å². The van der Waals surface area contributed by atoms with Crippen molar-refractivity contribution < 1.29 is 21.1 Å². The summed E-state index contributed by atoms with van der Waals surface area (Å²) in [5.41, 5.74) is 6.55. The van der Waals surface area contributed by atoms with Gasteiger partial charge in [-0.25, -0.2) is 9.97 Å². The standard InChI is InChI=1S/C40H32N6.Pt/c1-39(2)31-23-45(25-15-7-5-8-16-25)37(41-31)33-27-19-11-13-21-29(27)35(43-33)40(3,4)36-30-22-14-12-20-28(30)34(44-36)38-42-32(39)24-46(38)26-17-9-6-10-18-26;/h5-24H,1-4H3;/q-2;+2. The molecule has 0 amide bonds. The average molecular weight is 792 g/mol. The maximum atomic E-state index is 5.49. The summed E-state index contributed by atoms with van der Waals surface area (Å²) in [7, 11) is 0. The number of fused-ring (bicyclic) bond motifs is 16. The molecule has 47 heavy (non-hydrogen) atoms. The van der Waals surface area contributed by atoms with E-state index < -0.39 is 10.8 Å². The first-order valence-corrected chi connectivity index (χ1v) is 15.8. The molecule has 9 rings (SSSR count). The Morgan fingerprint density at radius 2 is 0.830 bits per heavy atom. The molecular formula is C40H32N6Pt. The van der Waals surface area contributed by atoms with Gasteiger partial charge in [-0.2, -0.15) is 0 Å². The molecule has 0 spiro atoms. The van der Waals surface area contributed by atoms with E-state index in [0.29, 0.717) is 0 Å². The van der Waals surface area contributed by atoms with Gasteiger partial charge in [0.25, 0.3) is 0 Å². The van der Waals surface area contributed by atoms with Crippen molar-refractivity contribution in [1.82, 2.24) is 29.1 Å². The van der Waals surface area contributed by atoms with Crippen LogP contribution in [0.1, 0.15) is 50.5 Å². The Balaban J connectivity index is 0.00000324. The zero-order chi connectivity index (χ0) is 31.2. The van der Waals surface area contributed by atoms with Gasteiger partial charge in [-0.15, -0.1) is 11.4 Å². The largest absolute Gasteiger partial charge is 2.00 e. The summed E-state index contributed by atoms with van der Waals surface area (Å²) in [6, 6.07) is 37.9. The Morgan fingerprint density at radius 3 is 1.23 bits per heavy atom. The first-order chi connectivity index (χ1) is 22.3. The predicted octanol–water partition coefficient (Wildman–Crippen LogP) is 8.58.